The smallest absolute Gasteiger partial charge is 0.233 e. The number of pyridine rings is 1. The van der Waals surface area contributed by atoms with Gasteiger partial charge in [0.15, 0.2) is 0 Å². The molecule has 0 aliphatic rings. The first-order valence-corrected chi connectivity index (χ1v) is 7.17. The Labute approximate surface area is 123 Å². The summed E-state index contributed by atoms with van der Waals surface area (Å²) >= 11 is 3.47. The van der Waals surface area contributed by atoms with Crippen LogP contribution in [0, 0.1) is 13.8 Å². The van der Waals surface area contributed by atoms with Crippen molar-refractivity contribution in [3.8, 4) is 11.6 Å². The highest BCUT2D eigenvalue weighted by Crippen LogP contribution is 2.30. The molecule has 1 aromatic heterocycles. The van der Waals surface area contributed by atoms with Crippen molar-refractivity contribution < 1.29 is 4.74 Å². The van der Waals surface area contributed by atoms with Crippen molar-refractivity contribution in [3.05, 3.63) is 51.6 Å². The van der Waals surface area contributed by atoms with E-state index in [1.807, 2.05) is 19.1 Å². The van der Waals surface area contributed by atoms with Gasteiger partial charge in [-0.05, 0) is 70.6 Å². The van der Waals surface area contributed by atoms with Crippen LogP contribution in [-0.4, -0.2) is 4.98 Å². The fourth-order valence-corrected chi connectivity index (χ4v) is 2.61. The topological polar surface area (TPSA) is 22.1 Å². The predicted molar refractivity (Wildman–Crippen MR) is 82.0 cm³/mol. The van der Waals surface area contributed by atoms with E-state index in [1.54, 1.807) is 6.20 Å². The molecule has 100 valence electrons. The molecule has 3 heteroatoms. The number of halogens is 1. The molecule has 0 spiro atoms. The van der Waals surface area contributed by atoms with Crippen LogP contribution in [0.2, 0.25) is 0 Å². The molecule has 2 nitrogen and oxygen atoms in total. The summed E-state index contributed by atoms with van der Waals surface area (Å²) in [5.41, 5.74) is 3.70. The van der Waals surface area contributed by atoms with Gasteiger partial charge in [-0.3, -0.25) is 0 Å². The van der Waals surface area contributed by atoms with E-state index in [4.69, 9.17) is 4.74 Å². The molecule has 2 aromatic rings. The second-order valence-electron chi connectivity index (χ2n) is 5.07. The van der Waals surface area contributed by atoms with E-state index in [9.17, 15) is 0 Å². The first kappa shape index (κ1) is 14.1. The number of nitrogens with zero attached hydrogens (tertiary/aromatic N) is 1. The SMILES string of the molecule is Cc1cnc(Oc2ccc(C(C)C)c(C)c2)c(Br)c1. The van der Waals surface area contributed by atoms with Gasteiger partial charge in [0.05, 0.1) is 4.47 Å². The quantitative estimate of drug-likeness (QED) is 0.758. The molecule has 1 heterocycles. The summed E-state index contributed by atoms with van der Waals surface area (Å²) in [5, 5.41) is 0. The van der Waals surface area contributed by atoms with E-state index in [0.29, 0.717) is 11.8 Å². The molecular weight excluding hydrogens is 302 g/mol. The number of ether oxygens (including phenoxy) is 1. The third-order valence-electron chi connectivity index (χ3n) is 3.02. The van der Waals surface area contributed by atoms with Gasteiger partial charge < -0.3 is 4.74 Å². The van der Waals surface area contributed by atoms with Crippen molar-refractivity contribution in [1.29, 1.82) is 0 Å². The third kappa shape index (κ3) is 3.35. The maximum Gasteiger partial charge on any atom is 0.233 e. The van der Waals surface area contributed by atoms with Crippen molar-refractivity contribution in [1.82, 2.24) is 4.98 Å². The van der Waals surface area contributed by atoms with Gasteiger partial charge in [0, 0.05) is 6.20 Å². The molecular formula is C16H18BrNO. The highest BCUT2D eigenvalue weighted by Gasteiger charge is 2.08. The Balaban J connectivity index is 2.26. The molecule has 0 saturated heterocycles. The molecule has 0 bridgehead atoms. The molecule has 0 aliphatic carbocycles. The van der Waals surface area contributed by atoms with Crippen LogP contribution in [0.4, 0.5) is 0 Å². The molecule has 0 fully saturated rings. The minimum atomic E-state index is 0.526. The van der Waals surface area contributed by atoms with Crippen molar-refractivity contribution in [2.45, 2.75) is 33.6 Å². The summed E-state index contributed by atoms with van der Waals surface area (Å²) in [6.07, 6.45) is 1.80. The second-order valence-corrected chi connectivity index (χ2v) is 5.93. The van der Waals surface area contributed by atoms with Crippen LogP contribution in [-0.2, 0) is 0 Å². The monoisotopic (exact) mass is 319 g/mol. The van der Waals surface area contributed by atoms with Crippen LogP contribution in [0.5, 0.6) is 11.6 Å². The number of benzene rings is 1. The van der Waals surface area contributed by atoms with Crippen LogP contribution in [0.1, 0.15) is 36.5 Å². The molecule has 0 saturated carbocycles. The summed E-state index contributed by atoms with van der Waals surface area (Å²) in [5.74, 6) is 1.94. The van der Waals surface area contributed by atoms with Crippen LogP contribution >= 0.6 is 15.9 Å². The van der Waals surface area contributed by atoms with Gasteiger partial charge in [-0.15, -0.1) is 0 Å². The minimum Gasteiger partial charge on any atom is -0.438 e. The standard InChI is InChI=1S/C16H18BrNO/c1-10(2)14-6-5-13(8-12(14)4)19-16-15(17)7-11(3)9-18-16/h5-10H,1-4H3. The molecule has 0 amide bonds. The molecule has 0 aliphatic heterocycles. The Kier molecular flexibility index (Phi) is 4.25. The average Bonchev–Trinajstić information content (AvgIpc) is 2.32. The van der Waals surface area contributed by atoms with Gasteiger partial charge in [-0.1, -0.05) is 19.9 Å². The van der Waals surface area contributed by atoms with E-state index < -0.39 is 0 Å². The first-order chi connectivity index (χ1) is 8.97. The molecule has 0 unspecified atom stereocenters. The Morgan fingerprint density at radius 2 is 1.89 bits per heavy atom. The summed E-state index contributed by atoms with van der Waals surface area (Å²) < 4.78 is 6.69. The van der Waals surface area contributed by atoms with Crippen LogP contribution < -0.4 is 4.74 Å². The fourth-order valence-electron chi connectivity index (χ4n) is 2.07. The van der Waals surface area contributed by atoms with Gasteiger partial charge in [-0.2, -0.15) is 0 Å². The Bertz CT molecular complexity index is 593. The zero-order valence-electron chi connectivity index (χ0n) is 11.7. The zero-order valence-corrected chi connectivity index (χ0v) is 13.3. The van der Waals surface area contributed by atoms with Crippen LogP contribution in [0.25, 0.3) is 0 Å². The summed E-state index contributed by atoms with van der Waals surface area (Å²) in [6, 6.07) is 8.18. The molecule has 19 heavy (non-hydrogen) atoms. The number of aryl methyl sites for hydroxylation is 2. The maximum atomic E-state index is 5.82. The summed E-state index contributed by atoms with van der Waals surface area (Å²) in [6.45, 7) is 8.50. The number of rotatable bonds is 3. The normalized spacial score (nSPS) is 10.8. The van der Waals surface area contributed by atoms with Crippen molar-refractivity contribution in [3.63, 3.8) is 0 Å². The van der Waals surface area contributed by atoms with E-state index >= 15 is 0 Å². The molecule has 0 radical (unpaired) electrons. The minimum absolute atomic E-state index is 0.526. The number of hydrogen-bond acceptors (Lipinski definition) is 2. The van der Waals surface area contributed by atoms with Gasteiger partial charge in [0.2, 0.25) is 5.88 Å². The average molecular weight is 320 g/mol. The van der Waals surface area contributed by atoms with E-state index in [-0.39, 0.29) is 0 Å². The molecule has 0 atom stereocenters. The van der Waals surface area contributed by atoms with E-state index in [0.717, 1.165) is 15.8 Å². The lowest BCUT2D eigenvalue weighted by atomic mass is 9.98. The lowest BCUT2D eigenvalue weighted by molar-refractivity contribution is 0.458. The second kappa shape index (κ2) is 5.74. The van der Waals surface area contributed by atoms with Crippen LogP contribution in [0.3, 0.4) is 0 Å². The molecule has 1 aromatic carbocycles. The largest absolute Gasteiger partial charge is 0.438 e. The number of hydrogen-bond donors (Lipinski definition) is 0. The molecule has 2 rings (SSSR count). The van der Waals surface area contributed by atoms with Gasteiger partial charge in [0.1, 0.15) is 5.75 Å². The number of aromatic nitrogens is 1. The third-order valence-corrected chi connectivity index (χ3v) is 3.59. The predicted octanol–water partition coefficient (Wildman–Crippen LogP) is 5.38. The highest BCUT2D eigenvalue weighted by molar-refractivity contribution is 9.10. The first-order valence-electron chi connectivity index (χ1n) is 6.38. The van der Waals surface area contributed by atoms with Gasteiger partial charge in [-0.25, -0.2) is 4.98 Å². The Morgan fingerprint density at radius 3 is 2.47 bits per heavy atom. The van der Waals surface area contributed by atoms with Crippen LogP contribution in [0.15, 0.2) is 34.9 Å². The zero-order chi connectivity index (χ0) is 14.0. The maximum absolute atomic E-state index is 5.82. The lowest BCUT2D eigenvalue weighted by Crippen LogP contribution is -1.94. The summed E-state index contributed by atoms with van der Waals surface area (Å²) in [4.78, 5) is 4.29. The molecule has 0 N–H and O–H groups in total. The van der Waals surface area contributed by atoms with Crippen molar-refractivity contribution >= 4 is 15.9 Å². The summed E-state index contributed by atoms with van der Waals surface area (Å²) in [7, 11) is 0. The highest BCUT2D eigenvalue weighted by atomic mass is 79.9. The fraction of sp³-hybridized carbons (Fsp3) is 0.312. The van der Waals surface area contributed by atoms with Gasteiger partial charge in [0.25, 0.3) is 0 Å². The van der Waals surface area contributed by atoms with E-state index in [1.165, 1.54) is 11.1 Å². The Morgan fingerprint density at radius 1 is 1.16 bits per heavy atom. The van der Waals surface area contributed by atoms with E-state index in [2.05, 4.69) is 53.8 Å². The van der Waals surface area contributed by atoms with Crippen molar-refractivity contribution in [2.75, 3.05) is 0 Å². The van der Waals surface area contributed by atoms with Gasteiger partial charge >= 0.3 is 0 Å². The Hall–Kier alpha value is -1.35. The lowest BCUT2D eigenvalue weighted by Gasteiger charge is -2.12. The van der Waals surface area contributed by atoms with Crippen molar-refractivity contribution in [2.24, 2.45) is 0 Å².